The van der Waals surface area contributed by atoms with Gasteiger partial charge in [-0.3, -0.25) is 0 Å². The fourth-order valence-electron chi connectivity index (χ4n) is 2.38. The number of nitrogens with one attached hydrogen (secondary N) is 2. The number of urea groups is 1. The molecule has 2 aromatic rings. The highest BCUT2D eigenvalue weighted by Gasteiger charge is 2.07. The van der Waals surface area contributed by atoms with E-state index in [4.69, 9.17) is 14.6 Å². The van der Waals surface area contributed by atoms with Crippen molar-refractivity contribution in [1.29, 1.82) is 0 Å². The summed E-state index contributed by atoms with van der Waals surface area (Å²) in [5, 5.41) is 14.4. The quantitative estimate of drug-likeness (QED) is 0.673. The number of hydrogen-bond donors (Lipinski definition) is 3. The van der Waals surface area contributed by atoms with Gasteiger partial charge in [-0.05, 0) is 35.7 Å². The molecule has 0 fully saturated rings. The molecule has 0 saturated carbocycles. The minimum Gasteiger partial charge on any atom is -0.497 e. The molecule has 0 unspecified atom stereocenters. The standard InChI is InChI=1S/C19H22N2O5/c1-25-16-8-7-14(17(11-16)26-2)9-10-20-19(24)21-12-13-3-5-15(6-4-13)18(22)23/h3-8,11H,9-10,12H2,1-2H3,(H,22,23)(H2,20,21,24). The second-order valence-electron chi connectivity index (χ2n) is 5.54. The molecule has 0 radical (unpaired) electrons. The first-order valence-corrected chi connectivity index (χ1v) is 8.08. The summed E-state index contributed by atoms with van der Waals surface area (Å²) in [7, 11) is 3.18. The maximum atomic E-state index is 11.9. The first-order chi connectivity index (χ1) is 12.5. The maximum Gasteiger partial charge on any atom is 0.335 e. The molecule has 0 atom stereocenters. The summed E-state index contributed by atoms with van der Waals surface area (Å²) < 4.78 is 10.5. The number of carbonyl (C=O) groups is 2. The van der Waals surface area contributed by atoms with E-state index < -0.39 is 5.97 Å². The molecule has 2 rings (SSSR count). The number of ether oxygens (including phenoxy) is 2. The summed E-state index contributed by atoms with van der Waals surface area (Å²) in [4.78, 5) is 22.7. The molecule has 2 aromatic carbocycles. The molecule has 7 nitrogen and oxygen atoms in total. The molecule has 26 heavy (non-hydrogen) atoms. The van der Waals surface area contributed by atoms with Crippen molar-refractivity contribution < 1.29 is 24.2 Å². The van der Waals surface area contributed by atoms with E-state index in [1.165, 1.54) is 12.1 Å². The monoisotopic (exact) mass is 358 g/mol. The van der Waals surface area contributed by atoms with Crippen LogP contribution in [0.2, 0.25) is 0 Å². The summed E-state index contributed by atoms with van der Waals surface area (Å²) in [5.41, 5.74) is 2.01. The van der Waals surface area contributed by atoms with Gasteiger partial charge in [0.1, 0.15) is 11.5 Å². The van der Waals surface area contributed by atoms with Gasteiger partial charge >= 0.3 is 12.0 Å². The molecule has 0 aliphatic heterocycles. The normalized spacial score (nSPS) is 10.1. The molecule has 0 saturated heterocycles. The number of amides is 2. The summed E-state index contributed by atoms with van der Waals surface area (Å²) in [6.07, 6.45) is 0.619. The third-order valence-electron chi connectivity index (χ3n) is 3.83. The molecule has 0 aliphatic carbocycles. The summed E-state index contributed by atoms with van der Waals surface area (Å²) >= 11 is 0. The molecule has 0 heterocycles. The Hall–Kier alpha value is -3.22. The van der Waals surface area contributed by atoms with Crippen molar-refractivity contribution in [3.05, 3.63) is 59.2 Å². The Balaban J connectivity index is 1.77. The number of benzene rings is 2. The molecule has 0 aliphatic rings. The first-order valence-electron chi connectivity index (χ1n) is 8.08. The summed E-state index contributed by atoms with van der Waals surface area (Å²) in [5.74, 6) is 0.450. The second-order valence-corrected chi connectivity index (χ2v) is 5.54. The van der Waals surface area contributed by atoms with Gasteiger partial charge in [0.2, 0.25) is 0 Å². The SMILES string of the molecule is COc1ccc(CCNC(=O)NCc2ccc(C(=O)O)cc2)c(OC)c1. The van der Waals surface area contributed by atoms with Gasteiger partial charge in [-0.25, -0.2) is 9.59 Å². The Bertz CT molecular complexity index is 759. The van der Waals surface area contributed by atoms with Crippen LogP contribution in [0.4, 0.5) is 4.79 Å². The number of carboxylic acid groups (broad SMARTS) is 1. The van der Waals surface area contributed by atoms with E-state index in [1.807, 2.05) is 12.1 Å². The van der Waals surface area contributed by atoms with Crippen LogP contribution < -0.4 is 20.1 Å². The molecule has 2 amide bonds. The maximum absolute atomic E-state index is 11.9. The zero-order valence-electron chi connectivity index (χ0n) is 14.7. The zero-order valence-corrected chi connectivity index (χ0v) is 14.7. The van der Waals surface area contributed by atoms with Crippen LogP contribution in [0.1, 0.15) is 21.5 Å². The first kappa shape index (κ1) is 19.1. The smallest absolute Gasteiger partial charge is 0.335 e. The van der Waals surface area contributed by atoms with E-state index in [9.17, 15) is 9.59 Å². The van der Waals surface area contributed by atoms with Crippen LogP contribution in [-0.2, 0) is 13.0 Å². The zero-order chi connectivity index (χ0) is 18.9. The third kappa shape index (κ3) is 5.41. The van der Waals surface area contributed by atoms with Crippen molar-refractivity contribution in [2.75, 3.05) is 20.8 Å². The minimum atomic E-state index is -0.976. The van der Waals surface area contributed by atoms with Crippen LogP contribution in [0.15, 0.2) is 42.5 Å². The predicted octanol–water partition coefficient (Wildman–Crippen LogP) is 2.44. The van der Waals surface area contributed by atoms with E-state index in [0.717, 1.165) is 11.1 Å². The van der Waals surface area contributed by atoms with Gasteiger partial charge in [-0.2, -0.15) is 0 Å². The lowest BCUT2D eigenvalue weighted by molar-refractivity contribution is 0.0697. The molecule has 0 spiro atoms. The highest BCUT2D eigenvalue weighted by Crippen LogP contribution is 2.24. The van der Waals surface area contributed by atoms with Crippen LogP contribution in [0, 0.1) is 0 Å². The van der Waals surface area contributed by atoms with Crippen molar-refractivity contribution >= 4 is 12.0 Å². The number of aromatic carboxylic acids is 1. The van der Waals surface area contributed by atoms with E-state index in [1.54, 1.807) is 32.4 Å². The van der Waals surface area contributed by atoms with Gasteiger partial charge in [0.15, 0.2) is 0 Å². The highest BCUT2D eigenvalue weighted by atomic mass is 16.5. The van der Waals surface area contributed by atoms with Crippen LogP contribution in [0.25, 0.3) is 0 Å². The lowest BCUT2D eigenvalue weighted by Gasteiger charge is -2.11. The third-order valence-corrected chi connectivity index (χ3v) is 3.83. The van der Waals surface area contributed by atoms with Gasteiger partial charge in [-0.1, -0.05) is 18.2 Å². The molecular formula is C19H22N2O5. The Morgan fingerprint density at radius 2 is 1.73 bits per heavy atom. The van der Waals surface area contributed by atoms with E-state index in [0.29, 0.717) is 31.0 Å². The van der Waals surface area contributed by atoms with E-state index >= 15 is 0 Å². The molecular weight excluding hydrogens is 336 g/mol. The van der Waals surface area contributed by atoms with Crippen LogP contribution in [-0.4, -0.2) is 37.9 Å². The Labute approximate surface area is 151 Å². The van der Waals surface area contributed by atoms with Crippen LogP contribution in [0.3, 0.4) is 0 Å². The molecule has 7 heteroatoms. The largest absolute Gasteiger partial charge is 0.497 e. The van der Waals surface area contributed by atoms with Crippen molar-refractivity contribution in [3.63, 3.8) is 0 Å². The Morgan fingerprint density at radius 1 is 1.00 bits per heavy atom. The van der Waals surface area contributed by atoms with Crippen molar-refractivity contribution in [3.8, 4) is 11.5 Å². The Kier molecular flexibility index (Phi) is 6.84. The van der Waals surface area contributed by atoms with Crippen molar-refractivity contribution in [2.24, 2.45) is 0 Å². The minimum absolute atomic E-state index is 0.214. The average molecular weight is 358 g/mol. The molecule has 0 aromatic heterocycles. The fourth-order valence-corrected chi connectivity index (χ4v) is 2.38. The molecule has 3 N–H and O–H groups in total. The number of hydrogen-bond acceptors (Lipinski definition) is 4. The Morgan fingerprint density at radius 3 is 2.35 bits per heavy atom. The van der Waals surface area contributed by atoms with E-state index in [2.05, 4.69) is 10.6 Å². The second kappa shape index (κ2) is 9.31. The molecule has 0 bridgehead atoms. The lowest BCUT2D eigenvalue weighted by atomic mass is 10.1. The van der Waals surface area contributed by atoms with Gasteiger partial charge in [-0.15, -0.1) is 0 Å². The number of rotatable bonds is 8. The van der Waals surface area contributed by atoms with Crippen LogP contribution in [0.5, 0.6) is 11.5 Å². The number of carbonyl (C=O) groups excluding carboxylic acids is 1. The van der Waals surface area contributed by atoms with Crippen LogP contribution >= 0.6 is 0 Å². The van der Waals surface area contributed by atoms with Crippen molar-refractivity contribution in [2.45, 2.75) is 13.0 Å². The number of methoxy groups -OCH3 is 2. The number of carboxylic acids is 1. The summed E-state index contributed by atoms with van der Waals surface area (Å²) in [6.45, 7) is 0.768. The highest BCUT2D eigenvalue weighted by molar-refractivity contribution is 5.87. The van der Waals surface area contributed by atoms with Gasteiger partial charge in [0.25, 0.3) is 0 Å². The summed E-state index contributed by atoms with van der Waals surface area (Å²) in [6, 6.07) is 11.6. The fraction of sp³-hybridized carbons (Fsp3) is 0.263. The van der Waals surface area contributed by atoms with Gasteiger partial charge < -0.3 is 25.2 Å². The average Bonchev–Trinajstić information content (AvgIpc) is 2.66. The van der Waals surface area contributed by atoms with Crippen molar-refractivity contribution in [1.82, 2.24) is 10.6 Å². The molecule has 138 valence electrons. The van der Waals surface area contributed by atoms with Gasteiger partial charge in [0, 0.05) is 19.2 Å². The lowest BCUT2D eigenvalue weighted by Crippen LogP contribution is -2.36. The topological polar surface area (TPSA) is 96.9 Å². The van der Waals surface area contributed by atoms with E-state index in [-0.39, 0.29) is 11.6 Å². The predicted molar refractivity (Wildman–Crippen MR) is 96.9 cm³/mol. The van der Waals surface area contributed by atoms with Gasteiger partial charge in [0.05, 0.1) is 19.8 Å².